The first-order valence-corrected chi connectivity index (χ1v) is 5.87. The molecule has 2 aromatic rings. The molecule has 0 saturated carbocycles. The van der Waals surface area contributed by atoms with Crippen molar-refractivity contribution in [3.63, 3.8) is 0 Å². The zero-order valence-electron chi connectivity index (χ0n) is 8.96. The molecule has 2 aromatic heterocycles. The minimum atomic E-state index is -0.488. The van der Waals surface area contributed by atoms with Crippen LogP contribution in [0.4, 0.5) is 0 Å². The third kappa shape index (κ3) is 2.59. The Balaban J connectivity index is 2.05. The topological polar surface area (TPSA) is 42.4 Å². The molecule has 1 N–H and O–H groups in total. The van der Waals surface area contributed by atoms with Gasteiger partial charge in [-0.3, -0.25) is 4.98 Å². The summed E-state index contributed by atoms with van der Waals surface area (Å²) < 4.78 is 5.08. The quantitative estimate of drug-likeness (QED) is 0.885. The van der Waals surface area contributed by atoms with Gasteiger partial charge in [-0.2, -0.15) is 0 Å². The summed E-state index contributed by atoms with van der Waals surface area (Å²) in [6.45, 7) is 0. The third-order valence-electron chi connectivity index (χ3n) is 2.31. The molecule has 1 unspecified atom stereocenters. The molecule has 0 bridgehead atoms. The second-order valence-electron chi connectivity index (χ2n) is 3.47. The third-order valence-corrected chi connectivity index (χ3v) is 3.32. The maximum absolute atomic E-state index is 10.0. The number of methoxy groups -OCH3 is 1. The number of aromatic nitrogens is 1. The van der Waals surface area contributed by atoms with E-state index in [2.05, 4.69) is 4.98 Å². The first-order valence-electron chi connectivity index (χ1n) is 4.99. The molecule has 0 aromatic carbocycles. The Morgan fingerprint density at radius 1 is 1.56 bits per heavy atom. The van der Waals surface area contributed by atoms with E-state index in [9.17, 15) is 5.11 Å². The molecule has 2 rings (SSSR count). The van der Waals surface area contributed by atoms with Crippen LogP contribution in [-0.2, 0) is 6.42 Å². The van der Waals surface area contributed by atoms with E-state index in [0.29, 0.717) is 6.42 Å². The monoisotopic (exact) mass is 235 g/mol. The van der Waals surface area contributed by atoms with E-state index in [-0.39, 0.29) is 0 Å². The van der Waals surface area contributed by atoms with Crippen molar-refractivity contribution >= 4 is 11.3 Å². The fraction of sp³-hybridized carbons (Fsp3) is 0.250. The van der Waals surface area contributed by atoms with Crippen LogP contribution in [0, 0.1) is 0 Å². The van der Waals surface area contributed by atoms with Gasteiger partial charge in [0, 0.05) is 29.1 Å². The lowest BCUT2D eigenvalue weighted by Gasteiger charge is -2.07. The van der Waals surface area contributed by atoms with E-state index < -0.39 is 6.10 Å². The Bertz CT molecular complexity index is 441. The SMILES string of the molecule is COc1csc(C(O)Cc2cccnc2)c1. The molecule has 0 aliphatic heterocycles. The molecule has 16 heavy (non-hydrogen) atoms. The van der Waals surface area contributed by atoms with Crippen LogP contribution in [0.3, 0.4) is 0 Å². The summed E-state index contributed by atoms with van der Waals surface area (Å²) in [6, 6.07) is 5.70. The Kier molecular flexibility index (Phi) is 3.54. The van der Waals surface area contributed by atoms with E-state index in [4.69, 9.17) is 4.74 Å². The maximum Gasteiger partial charge on any atom is 0.129 e. The molecule has 1 atom stereocenters. The van der Waals surface area contributed by atoms with E-state index in [0.717, 1.165) is 16.2 Å². The van der Waals surface area contributed by atoms with Gasteiger partial charge in [0.1, 0.15) is 5.75 Å². The van der Waals surface area contributed by atoms with Crippen molar-refractivity contribution in [1.29, 1.82) is 0 Å². The van der Waals surface area contributed by atoms with Gasteiger partial charge >= 0.3 is 0 Å². The fourth-order valence-corrected chi connectivity index (χ4v) is 2.30. The molecule has 2 heterocycles. The van der Waals surface area contributed by atoms with E-state index in [1.807, 2.05) is 23.6 Å². The van der Waals surface area contributed by atoms with Gasteiger partial charge < -0.3 is 9.84 Å². The Morgan fingerprint density at radius 3 is 3.06 bits per heavy atom. The lowest BCUT2D eigenvalue weighted by Crippen LogP contribution is -1.99. The predicted molar refractivity (Wildman–Crippen MR) is 63.8 cm³/mol. The van der Waals surface area contributed by atoms with Crippen LogP contribution in [0.15, 0.2) is 36.0 Å². The summed E-state index contributed by atoms with van der Waals surface area (Å²) in [5, 5.41) is 11.9. The number of rotatable bonds is 4. The van der Waals surface area contributed by atoms with Crippen molar-refractivity contribution in [3.8, 4) is 5.75 Å². The Hall–Kier alpha value is -1.39. The summed E-state index contributed by atoms with van der Waals surface area (Å²) in [7, 11) is 1.62. The lowest BCUT2D eigenvalue weighted by molar-refractivity contribution is 0.182. The number of aliphatic hydroxyl groups excluding tert-OH is 1. The summed E-state index contributed by atoms with van der Waals surface area (Å²) in [5.74, 6) is 0.797. The molecule has 0 amide bonds. The highest BCUT2D eigenvalue weighted by atomic mass is 32.1. The van der Waals surface area contributed by atoms with Crippen LogP contribution < -0.4 is 4.74 Å². The summed E-state index contributed by atoms with van der Waals surface area (Å²) in [6.07, 6.45) is 3.59. The average Bonchev–Trinajstić information content (AvgIpc) is 2.79. The van der Waals surface area contributed by atoms with E-state index in [1.54, 1.807) is 19.5 Å². The van der Waals surface area contributed by atoms with Gasteiger partial charge in [0.2, 0.25) is 0 Å². The van der Waals surface area contributed by atoms with Gasteiger partial charge in [0.25, 0.3) is 0 Å². The first-order chi connectivity index (χ1) is 7.79. The number of hydrogen-bond acceptors (Lipinski definition) is 4. The van der Waals surface area contributed by atoms with Gasteiger partial charge in [0.05, 0.1) is 13.2 Å². The molecular formula is C12H13NO2S. The Labute approximate surface area is 98.4 Å². The molecule has 0 aliphatic carbocycles. The fourth-order valence-electron chi connectivity index (χ4n) is 1.46. The number of aliphatic hydroxyl groups is 1. The highest BCUT2D eigenvalue weighted by Gasteiger charge is 2.11. The van der Waals surface area contributed by atoms with Crippen molar-refractivity contribution in [2.75, 3.05) is 7.11 Å². The second kappa shape index (κ2) is 5.09. The van der Waals surface area contributed by atoms with E-state index >= 15 is 0 Å². The number of nitrogens with zero attached hydrogens (tertiary/aromatic N) is 1. The van der Waals surface area contributed by atoms with Crippen molar-refractivity contribution in [1.82, 2.24) is 4.98 Å². The van der Waals surface area contributed by atoms with Crippen molar-refractivity contribution in [3.05, 3.63) is 46.4 Å². The van der Waals surface area contributed by atoms with Crippen molar-refractivity contribution in [2.45, 2.75) is 12.5 Å². The Morgan fingerprint density at radius 2 is 2.44 bits per heavy atom. The highest BCUT2D eigenvalue weighted by Crippen LogP contribution is 2.28. The van der Waals surface area contributed by atoms with Gasteiger partial charge in [-0.1, -0.05) is 6.07 Å². The molecule has 0 aliphatic rings. The van der Waals surface area contributed by atoms with Gasteiger partial charge in [-0.25, -0.2) is 0 Å². The van der Waals surface area contributed by atoms with Crippen LogP contribution in [0.1, 0.15) is 16.5 Å². The van der Waals surface area contributed by atoms with Crippen LogP contribution in [0.2, 0.25) is 0 Å². The molecule has 3 nitrogen and oxygen atoms in total. The zero-order chi connectivity index (χ0) is 11.4. The van der Waals surface area contributed by atoms with Crippen LogP contribution in [-0.4, -0.2) is 17.2 Å². The van der Waals surface area contributed by atoms with Crippen molar-refractivity contribution < 1.29 is 9.84 Å². The number of ether oxygens (including phenoxy) is 1. The number of thiophene rings is 1. The predicted octanol–water partition coefficient (Wildman–Crippen LogP) is 2.43. The summed E-state index contributed by atoms with van der Waals surface area (Å²) >= 11 is 1.51. The summed E-state index contributed by atoms with van der Waals surface area (Å²) in [5.41, 5.74) is 1.03. The largest absolute Gasteiger partial charge is 0.496 e. The zero-order valence-corrected chi connectivity index (χ0v) is 9.78. The van der Waals surface area contributed by atoms with Gasteiger partial charge in [-0.15, -0.1) is 11.3 Å². The number of hydrogen-bond donors (Lipinski definition) is 1. The standard InChI is InChI=1S/C12H13NO2S/c1-15-10-6-12(16-8-10)11(14)5-9-3-2-4-13-7-9/h2-4,6-8,11,14H,5H2,1H3. The smallest absolute Gasteiger partial charge is 0.129 e. The van der Waals surface area contributed by atoms with E-state index in [1.165, 1.54) is 11.3 Å². The second-order valence-corrected chi connectivity index (χ2v) is 4.41. The van der Waals surface area contributed by atoms with Crippen molar-refractivity contribution in [2.24, 2.45) is 0 Å². The van der Waals surface area contributed by atoms with Crippen LogP contribution in [0.25, 0.3) is 0 Å². The summed E-state index contributed by atoms with van der Waals surface area (Å²) in [4.78, 5) is 4.94. The number of pyridine rings is 1. The molecule has 0 spiro atoms. The normalized spacial score (nSPS) is 12.4. The molecule has 0 fully saturated rings. The van der Waals surface area contributed by atoms with Gasteiger partial charge in [0.15, 0.2) is 0 Å². The van der Waals surface area contributed by atoms with Crippen LogP contribution in [0.5, 0.6) is 5.75 Å². The van der Waals surface area contributed by atoms with Crippen LogP contribution >= 0.6 is 11.3 Å². The lowest BCUT2D eigenvalue weighted by atomic mass is 10.1. The molecule has 4 heteroatoms. The molecule has 84 valence electrons. The first kappa shape index (κ1) is 11.1. The minimum absolute atomic E-state index is 0.488. The molecule has 0 radical (unpaired) electrons. The maximum atomic E-state index is 10.0. The molecule has 0 saturated heterocycles. The highest BCUT2D eigenvalue weighted by molar-refractivity contribution is 7.10. The van der Waals surface area contributed by atoms with Gasteiger partial charge in [-0.05, 0) is 17.7 Å². The average molecular weight is 235 g/mol. The minimum Gasteiger partial charge on any atom is -0.496 e. The molecular weight excluding hydrogens is 222 g/mol.